The summed E-state index contributed by atoms with van der Waals surface area (Å²) in [7, 11) is 0. The van der Waals surface area contributed by atoms with Crippen molar-refractivity contribution < 1.29 is 0 Å². The van der Waals surface area contributed by atoms with Crippen LogP contribution in [0.5, 0.6) is 0 Å². The number of hydrogen-bond donors (Lipinski definition) is 0. The van der Waals surface area contributed by atoms with Gasteiger partial charge in [-0.1, -0.05) is 13.8 Å². The molecule has 4 aromatic rings. The molecule has 6 nitrogen and oxygen atoms in total. The zero-order valence-corrected chi connectivity index (χ0v) is 11.1. The molecule has 0 fully saturated rings. The molecule has 0 spiro atoms. The number of aromatic nitrogens is 6. The van der Waals surface area contributed by atoms with Gasteiger partial charge in [-0.15, -0.1) is 0 Å². The molecule has 0 aliphatic carbocycles. The lowest BCUT2D eigenvalue weighted by molar-refractivity contribution is 1.24. The number of benzene rings is 1. The first kappa shape index (κ1) is 12.3. The van der Waals surface area contributed by atoms with Gasteiger partial charge < -0.3 is 0 Å². The van der Waals surface area contributed by atoms with E-state index in [9.17, 15) is 0 Å². The Labute approximate surface area is 115 Å². The monoisotopic (exact) mass is 264 g/mol. The molecule has 6 heteroatoms. The van der Waals surface area contributed by atoms with Crippen molar-refractivity contribution >= 4 is 33.1 Å². The van der Waals surface area contributed by atoms with E-state index >= 15 is 0 Å². The van der Waals surface area contributed by atoms with Crippen LogP contribution in [0.1, 0.15) is 13.8 Å². The summed E-state index contributed by atoms with van der Waals surface area (Å²) in [6.07, 6.45) is 9.83. The molecule has 0 radical (unpaired) electrons. The van der Waals surface area contributed by atoms with Gasteiger partial charge in [0.05, 0.1) is 0 Å². The van der Waals surface area contributed by atoms with Crippen molar-refractivity contribution in [3.63, 3.8) is 0 Å². The van der Waals surface area contributed by atoms with Crippen LogP contribution in [0.3, 0.4) is 0 Å². The van der Waals surface area contributed by atoms with Crippen molar-refractivity contribution in [3.05, 3.63) is 37.2 Å². The average Bonchev–Trinajstić information content (AvgIpc) is 2.57. The van der Waals surface area contributed by atoms with Crippen LogP contribution >= 0.6 is 0 Å². The molecular weight excluding hydrogens is 252 g/mol. The maximum Gasteiger partial charge on any atom is 0.119 e. The van der Waals surface area contributed by atoms with E-state index < -0.39 is 0 Å². The first-order chi connectivity index (χ1) is 9.95. The Kier molecular flexibility index (Phi) is 3.12. The van der Waals surface area contributed by atoms with Gasteiger partial charge in [-0.2, -0.15) is 0 Å². The van der Waals surface area contributed by atoms with Crippen LogP contribution in [0, 0.1) is 0 Å². The van der Waals surface area contributed by atoms with Crippen LogP contribution in [-0.4, -0.2) is 29.9 Å². The quantitative estimate of drug-likeness (QED) is 0.454. The normalized spacial score (nSPS) is 10.5. The van der Waals surface area contributed by atoms with E-state index in [4.69, 9.17) is 0 Å². The second kappa shape index (κ2) is 5.08. The smallest absolute Gasteiger partial charge is 0.119 e. The molecule has 0 aliphatic rings. The summed E-state index contributed by atoms with van der Waals surface area (Å²) >= 11 is 0. The molecule has 4 rings (SSSR count). The van der Waals surface area contributed by atoms with Crippen LogP contribution in [0.15, 0.2) is 37.2 Å². The molecule has 0 saturated carbocycles. The first-order valence-corrected chi connectivity index (χ1v) is 6.39. The highest BCUT2D eigenvalue weighted by atomic mass is 14.9. The van der Waals surface area contributed by atoms with Gasteiger partial charge in [-0.05, 0) is 0 Å². The summed E-state index contributed by atoms with van der Waals surface area (Å²) < 4.78 is 0. The SMILES string of the molecule is CC.c1cnc2c(n1)c1nccnc1c1nccnc21. The molecule has 1 aromatic carbocycles. The van der Waals surface area contributed by atoms with Gasteiger partial charge in [-0.25, -0.2) is 0 Å². The first-order valence-electron chi connectivity index (χ1n) is 6.39. The van der Waals surface area contributed by atoms with Crippen LogP contribution in [0.4, 0.5) is 0 Å². The lowest BCUT2D eigenvalue weighted by atomic mass is 10.2. The minimum Gasteiger partial charge on any atom is -0.251 e. The number of fused-ring (bicyclic) bond motifs is 6. The highest BCUT2D eigenvalue weighted by Crippen LogP contribution is 2.26. The number of nitrogens with zero attached hydrogens (tertiary/aromatic N) is 6. The Hall–Kier alpha value is -2.76. The highest BCUT2D eigenvalue weighted by molar-refractivity contribution is 6.17. The van der Waals surface area contributed by atoms with Crippen LogP contribution in [-0.2, 0) is 0 Å². The minimum atomic E-state index is 0.702. The fourth-order valence-corrected chi connectivity index (χ4v) is 2.05. The third-order valence-electron chi connectivity index (χ3n) is 2.77. The van der Waals surface area contributed by atoms with E-state index in [-0.39, 0.29) is 0 Å². The van der Waals surface area contributed by atoms with Crippen LogP contribution in [0.2, 0.25) is 0 Å². The average molecular weight is 264 g/mol. The topological polar surface area (TPSA) is 77.3 Å². The standard InChI is InChI=1S/C12H6N6.C2H6/c1-2-14-8-7(13-1)9-11(17-4-3-15-9)12-10(8)16-5-6-18-12;1-2/h1-6H;1-2H3. The van der Waals surface area contributed by atoms with Crippen LogP contribution < -0.4 is 0 Å². The molecule has 0 unspecified atom stereocenters. The molecule has 20 heavy (non-hydrogen) atoms. The fourth-order valence-electron chi connectivity index (χ4n) is 2.05. The summed E-state index contributed by atoms with van der Waals surface area (Å²) in [5.41, 5.74) is 4.21. The molecule has 0 aliphatic heterocycles. The van der Waals surface area contributed by atoms with Crippen molar-refractivity contribution in [2.24, 2.45) is 0 Å². The summed E-state index contributed by atoms with van der Waals surface area (Å²) in [4.78, 5) is 26.0. The van der Waals surface area contributed by atoms with E-state index in [1.807, 2.05) is 13.8 Å². The van der Waals surface area contributed by atoms with Crippen molar-refractivity contribution in [2.75, 3.05) is 0 Å². The van der Waals surface area contributed by atoms with E-state index in [0.717, 1.165) is 0 Å². The molecule has 0 saturated heterocycles. The van der Waals surface area contributed by atoms with Crippen LogP contribution in [0.25, 0.3) is 33.1 Å². The zero-order valence-electron chi connectivity index (χ0n) is 11.1. The van der Waals surface area contributed by atoms with Gasteiger partial charge in [0.2, 0.25) is 0 Å². The Bertz CT molecular complexity index is 669. The van der Waals surface area contributed by atoms with Crippen molar-refractivity contribution in [3.8, 4) is 0 Å². The molecule has 0 bridgehead atoms. The second-order valence-electron chi connectivity index (χ2n) is 3.76. The predicted octanol–water partition coefficient (Wildman–Crippen LogP) is 2.54. The molecule has 0 N–H and O–H groups in total. The Balaban J connectivity index is 0.000000581. The lowest BCUT2D eigenvalue weighted by Gasteiger charge is -2.04. The predicted molar refractivity (Wildman–Crippen MR) is 77.1 cm³/mol. The third-order valence-corrected chi connectivity index (χ3v) is 2.77. The van der Waals surface area contributed by atoms with E-state index in [2.05, 4.69) is 29.9 Å². The number of hydrogen-bond acceptors (Lipinski definition) is 6. The second-order valence-corrected chi connectivity index (χ2v) is 3.76. The van der Waals surface area contributed by atoms with Gasteiger partial charge >= 0.3 is 0 Å². The molecule has 3 aromatic heterocycles. The fraction of sp³-hybridized carbons (Fsp3) is 0.143. The number of rotatable bonds is 0. The minimum absolute atomic E-state index is 0.702. The summed E-state index contributed by atoms with van der Waals surface area (Å²) in [6, 6.07) is 0. The van der Waals surface area contributed by atoms with Gasteiger partial charge in [0, 0.05) is 37.2 Å². The van der Waals surface area contributed by atoms with Gasteiger partial charge in [0.1, 0.15) is 33.1 Å². The van der Waals surface area contributed by atoms with Crippen molar-refractivity contribution in [1.82, 2.24) is 29.9 Å². The molecule has 0 amide bonds. The van der Waals surface area contributed by atoms with E-state index in [0.29, 0.717) is 33.1 Å². The summed E-state index contributed by atoms with van der Waals surface area (Å²) in [5.74, 6) is 0. The molecule has 3 heterocycles. The summed E-state index contributed by atoms with van der Waals surface area (Å²) in [5, 5.41) is 0. The molecule has 98 valence electrons. The maximum atomic E-state index is 4.33. The zero-order chi connectivity index (χ0) is 13.9. The van der Waals surface area contributed by atoms with Crippen molar-refractivity contribution in [1.29, 1.82) is 0 Å². The highest BCUT2D eigenvalue weighted by Gasteiger charge is 2.13. The molecular formula is C14H12N6. The lowest BCUT2D eigenvalue weighted by Crippen LogP contribution is -1.94. The molecule has 0 atom stereocenters. The third kappa shape index (κ3) is 1.73. The van der Waals surface area contributed by atoms with Crippen molar-refractivity contribution in [2.45, 2.75) is 13.8 Å². The Morgan fingerprint density at radius 1 is 0.400 bits per heavy atom. The Morgan fingerprint density at radius 2 is 0.550 bits per heavy atom. The Morgan fingerprint density at radius 3 is 0.700 bits per heavy atom. The van der Waals surface area contributed by atoms with E-state index in [1.54, 1.807) is 37.2 Å². The van der Waals surface area contributed by atoms with Gasteiger partial charge in [0.25, 0.3) is 0 Å². The maximum absolute atomic E-state index is 4.33. The largest absolute Gasteiger partial charge is 0.251 e. The summed E-state index contributed by atoms with van der Waals surface area (Å²) in [6.45, 7) is 4.00. The van der Waals surface area contributed by atoms with Gasteiger partial charge in [0.15, 0.2) is 0 Å². The van der Waals surface area contributed by atoms with Gasteiger partial charge in [-0.3, -0.25) is 29.9 Å². The van der Waals surface area contributed by atoms with E-state index in [1.165, 1.54) is 0 Å².